The number of halogens is 3. The van der Waals surface area contributed by atoms with E-state index in [2.05, 4.69) is 30.7 Å². The molecule has 3 heterocycles. The number of nitrogens with one attached hydrogen (secondary N) is 2. The van der Waals surface area contributed by atoms with Crippen molar-refractivity contribution in [2.75, 3.05) is 29.5 Å². The number of benzene rings is 1. The molecular formula is C19H16ClF2N9. The van der Waals surface area contributed by atoms with E-state index in [4.69, 9.17) is 11.0 Å². The molecule has 4 aromatic rings. The van der Waals surface area contributed by atoms with Gasteiger partial charge in [0.25, 0.3) is 0 Å². The monoisotopic (exact) mass is 443 g/mol. The van der Waals surface area contributed by atoms with Crippen LogP contribution in [0.3, 0.4) is 0 Å². The molecule has 9 nitrogen and oxygen atoms in total. The minimum atomic E-state index is -0.723. The molecule has 0 unspecified atom stereocenters. The fraction of sp³-hybridized carbons (Fsp3) is 0.105. The summed E-state index contributed by atoms with van der Waals surface area (Å²) in [4.78, 5) is 12.7. The predicted octanol–water partition coefficient (Wildman–Crippen LogP) is 2.86. The van der Waals surface area contributed by atoms with Crippen LogP contribution in [-0.2, 0) is 0 Å². The smallest absolute Gasteiger partial charge is 0.198 e. The molecule has 0 aliphatic rings. The number of aromatic nitrogens is 5. The summed E-state index contributed by atoms with van der Waals surface area (Å²) in [6, 6.07) is 8.48. The third kappa shape index (κ3) is 4.59. The third-order valence-corrected chi connectivity index (χ3v) is 4.24. The van der Waals surface area contributed by atoms with Crippen LogP contribution in [0.4, 0.5) is 26.2 Å². The zero-order chi connectivity index (χ0) is 21.1. The van der Waals surface area contributed by atoms with E-state index in [-0.39, 0.29) is 29.5 Å². The van der Waals surface area contributed by atoms with Crippen LogP contribution >= 0.6 is 12.4 Å². The van der Waals surface area contributed by atoms with Crippen LogP contribution in [0.1, 0.15) is 5.56 Å². The van der Waals surface area contributed by atoms with Gasteiger partial charge in [0, 0.05) is 24.7 Å². The van der Waals surface area contributed by atoms with Gasteiger partial charge in [-0.1, -0.05) is 0 Å². The summed E-state index contributed by atoms with van der Waals surface area (Å²) in [5.74, 6) is -0.325. The average molecular weight is 444 g/mol. The standard InChI is InChI=1S/C19H15F2N9.ClH/c20-12-2-3-13(14(21)7-12)15-9-30-19(26-10-27-30)18(28-15)25-6-5-24-16-4-1-11(8-22)17(23)29-16;/h1-4,7,9-10H,5-6H2,(H,25,28)(H3,23,24,29);1H. The van der Waals surface area contributed by atoms with Crippen LogP contribution in [0, 0.1) is 23.0 Å². The van der Waals surface area contributed by atoms with Crippen molar-refractivity contribution in [2.45, 2.75) is 0 Å². The average Bonchev–Trinajstić information content (AvgIpc) is 3.20. The highest BCUT2D eigenvalue weighted by atomic mass is 35.5. The van der Waals surface area contributed by atoms with Crippen LogP contribution < -0.4 is 16.4 Å². The number of anilines is 3. The minimum Gasteiger partial charge on any atom is -0.383 e. The molecule has 0 amide bonds. The first-order valence-corrected chi connectivity index (χ1v) is 8.85. The number of hydrogen-bond acceptors (Lipinski definition) is 8. The molecule has 0 bridgehead atoms. The fourth-order valence-electron chi connectivity index (χ4n) is 2.81. The first-order valence-electron chi connectivity index (χ1n) is 8.85. The molecule has 4 N–H and O–H groups in total. The molecule has 0 saturated carbocycles. The Morgan fingerprint density at radius 1 is 1.10 bits per heavy atom. The summed E-state index contributed by atoms with van der Waals surface area (Å²) in [5.41, 5.74) is 6.89. The Bertz CT molecular complexity index is 1270. The van der Waals surface area contributed by atoms with Crippen LogP contribution in [-0.4, -0.2) is 37.7 Å². The Morgan fingerprint density at radius 3 is 2.65 bits per heavy atom. The van der Waals surface area contributed by atoms with Crippen LogP contribution in [0.2, 0.25) is 0 Å². The molecule has 0 aliphatic carbocycles. The van der Waals surface area contributed by atoms with E-state index in [9.17, 15) is 8.78 Å². The van der Waals surface area contributed by atoms with Crippen LogP contribution in [0.25, 0.3) is 16.9 Å². The topological polar surface area (TPSA) is 130 Å². The maximum atomic E-state index is 14.2. The lowest BCUT2D eigenvalue weighted by Crippen LogP contribution is -2.16. The van der Waals surface area contributed by atoms with Gasteiger partial charge in [0.2, 0.25) is 0 Å². The molecule has 4 rings (SSSR count). The maximum absolute atomic E-state index is 14.2. The number of nitrogens with zero attached hydrogens (tertiary/aromatic N) is 6. The summed E-state index contributed by atoms with van der Waals surface area (Å²) in [5, 5.41) is 19.2. The van der Waals surface area contributed by atoms with E-state index in [1.54, 1.807) is 12.1 Å². The van der Waals surface area contributed by atoms with Crippen molar-refractivity contribution in [2.24, 2.45) is 0 Å². The van der Waals surface area contributed by atoms with Crippen molar-refractivity contribution >= 4 is 35.5 Å². The van der Waals surface area contributed by atoms with E-state index >= 15 is 0 Å². The van der Waals surface area contributed by atoms with E-state index in [1.165, 1.54) is 29.2 Å². The largest absolute Gasteiger partial charge is 0.383 e. The highest BCUT2D eigenvalue weighted by Gasteiger charge is 2.13. The number of nitrogens with two attached hydrogens (primary N) is 1. The predicted molar refractivity (Wildman–Crippen MR) is 114 cm³/mol. The van der Waals surface area contributed by atoms with E-state index in [0.717, 1.165) is 6.07 Å². The third-order valence-electron chi connectivity index (χ3n) is 4.24. The SMILES string of the molecule is Cl.N#Cc1ccc(NCCNc2nc(-c3ccc(F)cc3F)cn3ncnc23)nc1N. The lowest BCUT2D eigenvalue weighted by molar-refractivity contribution is 0.585. The summed E-state index contributed by atoms with van der Waals surface area (Å²) < 4.78 is 28.9. The van der Waals surface area contributed by atoms with Gasteiger partial charge >= 0.3 is 0 Å². The van der Waals surface area contributed by atoms with E-state index < -0.39 is 11.6 Å². The van der Waals surface area contributed by atoms with E-state index in [1.807, 2.05) is 6.07 Å². The lowest BCUT2D eigenvalue weighted by Gasteiger charge is -2.11. The number of nitrogen functional groups attached to an aromatic ring is 1. The molecule has 0 saturated heterocycles. The number of rotatable bonds is 6. The first kappa shape index (κ1) is 21.7. The minimum absolute atomic E-state index is 0. The van der Waals surface area contributed by atoms with Crippen molar-refractivity contribution in [1.82, 2.24) is 24.6 Å². The number of hydrogen-bond donors (Lipinski definition) is 3. The van der Waals surface area contributed by atoms with Gasteiger partial charge in [0.15, 0.2) is 11.5 Å². The van der Waals surface area contributed by atoms with Crippen molar-refractivity contribution < 1.29 is 8.78 Å². The molecule has 0 atom stereocenters. The van der Waals surface area contributed by atoms with Gasteiger partial charge in [-0.25, -0.2) is 28.2 Å². The highest BCUT2D eigenvalue weighted by molar-refractivity contribution is 5.85. The van der Waals surface area contributed by atoms with Gasteiger partial charge in [-0.05, 0) is 24.3 Å². The Hall–Kier alpha value is -4.04. The van der Waals surface area contributed by atoms with Gasteiger partial charge < -0.3 is 16.4 Å². The molecule has 158 valence electrons. The van der Waals surface area contributed by atoms with Crippen molar-refractivity contribution in [1.29, 1.82) is 5.26 Å². The molecule has 1 aromatic carbocycles. The summed E-state index contributed by atoms with van der Waals surface area (Å²) in [7, 11) is 0. The first-order chi connectivity index (χ1) is 14.5. The molecule has 0 fully saturated rings. The van der Waals surface area contributed by atoms with Crippen molar-refractivity contribution in [3.05, 3.63) is 60.1 Å². The Labute approximate surface area is 181 Å². The lowest BCUT2D eigenvalue weighted by atomic mass is 10.1. The van der Waals surface area contributed by atoms with Gasteiger partial charge in [-0.15, -0.1) is 12.4 Å². The Morgan fingerprint density at radius 2 is 1.90 bits per heavy atom. The molecule has 0 aliphatic heterocycles. The number of pyridine rings is 1. The Balaban J connectivity index is 0.00000272. The zero-order valence-corrected chi connectivity index (χ0v) is 16.7. The Kier molecular flexibility index (Phi) is 6.42. The fourth-order valence-corrected chi connectivity index (χ4v) is 2.81. The second kappa shape index (κ2) is 9.19. The molecule has 12 heteroatoms. The van der Waals surface area contributed by atoms with Gasteiger partial charge in [0.05, 0.1) is 17.5 Å². The number of nitriles is 1. The number of fused-ring (bicyclic) bond motifs is 1. The second-order valence-corrected chi connectivity index (χ2v) is 6.22. The normalized spacial score (nSPS) is 10.4. The molecule has 0 radical (unpaired) electrons. The van der Waals surface area contributed by atoms with Crippen molar-refractivity contribution in [3.8, 4) is 17.3 Å². The van der Waals surface area contributed by atoms with E-state index in [0.29, 0.717) is 35.9 Å². The quantitative estimate of drug-likeness (QED) is 0.388. The zero-order valence-electron chi connectivity index (χ0n) is 15.9. The second-order valence-electron chi connectivity index (χ2n) is 6.22. The van der Waals surface area contributed by atoms with Crippen molar-refractivity contribution in [3.63, 3.8) is 0 Å². The molecular weight excluding hydrogens is 428 g/mol. The summed E-state index contributed by atoms with van der Waals surface area (Å²) in [6.07, 6.45) is 2.88. The van der Waals surface area contributed by atoms with Gasteiger partial charge in [-0.2, -0.15) is 10.4 Å². The summed E-state index contributed by atoms with van der Waals surface area (Å²) in [6.45, 7) is 0.877. The highest BCUT2D eigenvalue weighted by Crippen LogP contribution is 2.24. The molecule has 0 spiro atoms. The summed E-state index contributed by atoms with van der Waals surface area (Å²) >= 11 is 0. The molecule has 3 aromatic heterocycles. The van der Waals surface area contributed by atoms with Crippen LogP contribution in [0.5, 0.6) is 0 Å². The van der Waals surface area contributed by atoms with Gasteiger partial charge in [0.1, 0.15) is 35.7 Å². The molecule has 31 heavy (non-hydrogen) atoms. The van der Waals surface area contributed by atoms with Crippen LogP contribution in [0.15, 0.2) is 42.9 Å². The maximum Gasteiger partial charge on any atom is 0.198 e. The van der Waals surface area contributed by atoms with Gasteiger partial charge in [-0.3, -0.25) is 0 Å².